The first-order valence-electron chi connectivity index (χ1n) is 30.0. The molecule has 3 heteroatoms. The number of unbranched alkanes of at least 4 members (excludes halogenated alkanes) is 15. The molecule has 74 heavy (non-hydrogen) atoms. The fourth-order valence-corrected chi connectivity index (χ4v) is 10.4. The molecular formula is C71H103N3. The first-order valence-corrected chi connectivity index (χ1v) is 30.0. The van der Waals surface area contributed by atoms with Crippen molar-refractivity contribution in [3.8, 4) is 34.2 Å². The number of hydrogen-bond acceptors (Lipinski definition) is 3. The number of rotatable bonds is 28. The van der Waals surface area contributed by atoms with Crippen molar-refractivity contribution in [3.05, 3.63) is 157 Å². The van der Waals surface area contributed by atoms with Crippen LogP contribution < -0.4 is 0 Å². The Kier molecular flexibility index (Phi) is 28.9. The molecule has 0 saturated carbocycles. The maximum absolute atomic E-state index is 4.93. The second-order valence-corrected chi connectivity index (χ2v) is 22.1. The van der Waals surface area contributed by atoms with Gasteiger partial charge in [0, 0.05) is 16.7 Å². The molecule has 6 aromatic rings. The number of benzene rings is 5. The summed E-state index contributed by atoms with van der Waals surface area (Å²) in [4.78, 5) is 14.8. The quantitative estimate of drug-likeness (QED) is 0.0460. The van der Waals surface area contributed by atoms with Gasteiger partial charge in [-0.15, -0.1) is 0 Å². The second kappa shape index (κ2) is 34.6. The van der Waals surface area contributed by atoms with Gasteiger partial charge in [-0.25, -0.2) is 15.0 Å². The van der Waals surface area contributed by atoms with Crippen molar-refractivity contribution in [1.82, 2.24) is 15.0 Å². The molecule has 0 bridgehead atoms. The van der Waals surface area contributed by atoms with E-state index in [0.29, 0.717) is 0 Å². The SMILES string of the molecule is CCCCCCc1cc(C)c(CCCCCC)cc1C.CCCCCCc1cc(C)c(CCCCCC)cc1C.CCCCCCc1ccc(-c2nc(-c3ccc(C)cc3C)nc(-c3ccc(C)cc3C)n2)cc1. The van der Waals surface area contributed by atoms with Gasteiger partial charge >= 0.3 is 0 Å². The molecule has 0 aliphatic rings. The molecule has 0 unspecified atom stereocenters. The summed E-state index contributed by atoms with van der Waals surface area (Å²) in [6, 6.07) is 31.4. The summed E-state index contributed by atoms with van der Waals surface area (Å²) >= 11 is 0. The molecule has 0 atom stereocenters. The third-order valence-corrected chi connectivity index (χ3v) is 15.2. The highest BCUT2D eigenvalue weighted by Crippen LogP contribution is 2.30. The van der Waals surface area contributed by atoms with Crippen molar-refractivity contribution in [1.29, 1.82) is 0 Å². The zero-order chi connectivity index (χ0) is 53.7. The van der Waals surface area contributed by atoms with Crippen LogP contribution in [0, 0.1) is 55.4 Å². The first-order chi connectivity index (χ1) is 35.8. The number of nitrogens with zero attached hydrogens (tertiary/aromatic N) is 3. The summed E-state index contributed by atoms with van der Waals surface area (Å²) < 4.78 is 0. The van der Waals surface area contributed by atoms with Crippen LogP contribution in [0.1, 0.15) is 235 Å². The minimum Gasteiger partial charge on any atom is -0.208 e. The Morgan fingerprint density at radius 2 is 0.568 bits per heavy atom. The van der Waals surface area contributed by atoms with Gasteiger partial charge in [-0.05, 0) is 181 Å². The highest BCUT2D eigenvalue weighted by molar-refractivity contribution is 5.70. The summed E-state index contributed by atoms with van der Waals surface area (Å²) in [5.74, 6) is 2.17. The van der Waals surface area contributed by atoms with E-state index in [1.54, 1.807) is 22.3 Å². The monoisotopic (exact) mass is 998 g/mol. The van der Waals surface area contributed by atoms with Gasteiger partial charge in [-0.3, -0.25) is 0 Å². The van der Waals surface area contributed by atoms with Gasteiger partial charge in [0.1, 0.15) is 0 Å². The van der Waals surface area contributed by atoms with Crippen LogP contribution >= 0.6 is 0 Å². The van der Waals surface area contributed by atoms with Crippen molar-refractivity contribution in [3.63, 3.8) is 0 Å². The van der Waals surface area contributed by atoms with E-state index in [9.17, 15) is 0 Å². The van der Waals surface area contributed by atoms with E-state index >= 15 is 0 Å². The van der Waals surface area contributed by atoms with Gasteiger partial charge in [-0.1, -0.05) is 227 Å². The molecule has 0 saturated heterocycles. The minimum atomic E-state index is 0.720. The topological polar surface area (TPSA) is 38.7 Å². The maximum Gasteiger partial charge on any atom is 0.164 e. The highest BCUT2D eigenvalue weighted by atomic mass is 15.0. The summed E-state index contributed by atoms with van der Waals surface area (Å²) in [7, 11) is 0. The lowest BCUT2D eigenvalue weighted by molar-refractivity contribution is 0.661. The van der Waals surface area contributed by atoms with E-state index in [1.165, 1.54) is 204 Å². The standard InChI is InChI=1S/C31H35N3.2C20H34/c1-6-7-8-9-10-25-13-15-26(16-14-25)29-32-30(27-17-11-21(2)19-23(27)4)34-31(33-29)28-18-12-22(3)20-24(28)5;2*1-5-7-9-11-13-19-15-18(4)20(16-17(19)3)14-12-10-8-6-2/h11-20H,6-10H2,1-5H3;2*15-16H,5-14H2,1-4H3. The van der Waals surface area contributed by atoms with Gasteiger partial charge in [0.15, 0.2) is 17.5 Å². The van der Waals surface area contributed by atoms with Crippen LogP contribution in [-0.2, 0) is 32.1 Å². The minimum absolute atomic E-state index is 0.720. The molecule has 1 aromatic heterocycles. The van der Waals surface area contributed by atoms with Gasteiger partial charge in [-0.2, -0.15) is 0 Å². The van der Waals surface area contributed by atoms with E-state index in [0.717, 1.165) is 40.6 Å². The maximum atomic E-state index is 4.93. The summed E-state index contributed by atoms with van der Waals surface area (Å²) in [6.45, 7) is 29.0. The Labute approximate surface area is 454 Å². The van der Waals surface area contributed by atoms with Crippen LogP contribution in [-0.4, -0.2) is 15.0 Å². The lowest BCUT2D eigenvalue weighted by atomic mass is 9.93. The average Bonchev–Trinajstić information content (AvgIpc) is 3.38. The zero-order valence-electron chi connectivity index (χ0n) is 49.6. The largest absolute Gasteiger partial charge is 0.208 e. The zero-order valence-corrected chi connectivity index (χ0v) is 49.6. The molecule has 1 heterocycles. The fraction of sp³-hybridized carbons (Fsp3) is 0.535. The Bertz CT molecular complexity index is 2310. The third kappa shape index (κ3) is 21.4. The highest BCUT2D eigenvalue weighted by Gasteiger charge is 2.16. The number of aromatic nitrogens is 3. The molecule has 6 rings (SSSR count). The van der Waals surface area contributed by atoms with Crippen molar-refractivity contribution < 1.29 is 0 Å². The predicted molar refractivity (Wildman–Crippen MR) is 326 cm³/mol. The summed E-state index contributed by atoms with van der Waals surface area (Å²) in [6.07, 6.45) is 33.1. The smallest absolute Gasteiger partial charge is 0.164 e. The molecule has 402 valence electrons. The molecule has 3 nitrogen and oxygen atoms in total. The molecule has 0 spiro atoms. The average molecular weight is 999 g/mol. The van der Waals surface area contributed by atoms with Crippen molar-refractivity contribution in [2.75, 3.05) is 0 Å². The molecule has 5 aromatic carbocycles. The fourth-order valence-electron chi connectivity index (χ4n) is 10.4. The lowest BCUT2D eigenvalue weighted by Crippen LogP contribution is -2.02. The van der Waals surface area contributed by atoms with Crippen LogP contribution in [0.4, 0.5) is 0 Å². The molecular weight excluding hydrogens is 895 g/mol. The second-order valence-electron chi connectivity index (χ2n) is 22.1. The normalized spacial score (nSPS) is 11.0. The predicted octanol–water partition coefficient (Wildman–Crippen LogP) is 21.3. The van der Waals surface area contributed by atoms with Crippen LogP contribution in [0.3, 0.4) is 0 Å². The van der Waals surface area contributed by atoms with E-state index < -0.39 is 0 Å². The summed E-state index contributed by atoms with van der Waals surface area (Å²) in [5.41, 5.74) is 21.7. The molecule has 0 fully saturated rings. The summed E-state index contributed by atoms with van der Waals surface area (Å²) in [5, 5.41) is 0. The Morgan fingerprint density at radius 1 is 0.270 bits per heavy atom. The van der Waals surface area contributed by atoms with Crippen molar-refractivity contribution in [2.45, 2.75) is 251 Å². The number of hydrogen-bond donors (Lipinski definition) is 0. The van der Waals surface area contributed by atoms with Gasteiger partial charge in [0.2, 0.25) is 0 Å². The van der Waals surface area contributed by atoms with Crippen LogP contribution in [0.5, 0.6) is 0 Å². The number of aryl methyl sites for hydroxylation is 13. The molecule has 0 amide bonds. The Hall–Kier alpha value is -4.89. The Balaban J connectivity index is 0.000000257. The van der Waals surface area contributed by atoms with E-state index in [4.69, 9.17) is 15.0 Å². The first kappa shape index (κ1) is 61.7. The Morgan fingerprint density at radius 3 is 0.865 bits per heavy atom. The van der Waals surface area contributed by atoms with Gasteiger partial charge in [0.25, 0.3) is 0 Å². The van der Waals surface area contributed by atoms with E-state index in [1.807, 2.05) is 0 Å². The van der Waals surface area contributed by atoms with E-state index in [2.05, 4.69) is 175 Å². The molecule has 0 radical (unpaired) electrons. The molecule has 0 aliphatic carbocycles. The van der Waals surface area contributed by atoms with Crippen LogP contribution in [0.2, 0.25) is 0 Å². The van der Waals surface area contributed by atoms with Gasteiger partial charge in [0.05, 0.1) is 0 Å². The van der Waals surface area contributed by atoms with E-state index in [-0.39, 0.29) is 0 Å². The van der Waals surface area contributed by atoms with Crippen molar-refractivity contribution in [2.24, 2.45) is 0 Å². The van der Waals surface area contributed by atoms with Crippen molar-refractivity contribution >= 4 is 0 Å². The molecule has 0 N–H and O–H groups in total. The lowest BCUT2D eigenvalue weighted by Gasteiger charge is -2.12. The van der Waals surface area contributed by atoms with Gasteiger partial charge < -0.3 is 0 Å². The third-order valence-electron chi connectivity index (χ3n) is 15.2. The van der Waals surface area contributed by atoms with Crippen LogP contribution in [0.25, 0.3) is 34.2 Å². The van der Waals surface area contributed by atoms with Crippen LogP contribution in [0.15, 0.2) is 84.9 Å². The molecule has 0 aliphatic heterocycles.